The molecule has 43 heavy (non-hydrogen) atoms. The van der Waals surface area contributed by atoms with Crippen LogP contribution in [0, 0.1) is 12.8 Å². The van der Waals surface area contributed by atoms with Gasteiger partial charge in [0.1, 0.15) is 5.52 Å². The number of aryl methyl sites for hydroxylation is 1. The van der Waals surface area contributed by atoms with Gasteiger partial charge in [0.2, 0.25) is 17.0 Å². The molecule has 228 valence electrons. The van der Waals surface area contributed by atoms with Crippen LogP contribution in [0.1, 0.15) is 70.9 Å². The van der Waals surface area contributed by atoms with E-state index in [1.165, 1.54) is 22.9 Å². The number of benzene rings is 2. The van der Waals surface area contributed by atoms with Crippen LogP contribution in [0.5, 0.6) is 0 Å². The number of hydrogen-bond donors (Lipinski definition) is 0. The third kappa shape index (κ3) is 6.56. The minimum absolute atomic E-state index is 0.00482. The monoisotopic (exact) mass is 600 g/mol. The van der Waals surface area contributed by atoms with Crippen LogP contribution >= 0.6 is 11.8 Å². The molecular weight excluding hydrogens is 556 g/mol. The summed E-state index contributed by atoms with van der Waals surface area (Å²) in [5.74, 6) is 0.393. The minimum atomic E-state index is -0.323. The van der Waals surface area contributed by atoms with Crippen LogP contribution < -0.4 is 0 Å². The highest BCUT2D eigenvalue weighted by Crippen LogP contribution is 2.31. The summed E-state index contributed by atoms with van der Waals surface area (Å²) in [6, 6.07) is 16.6. The molecule has 0 saturated carbocycles. The average molecular weight is 601 g/mol. The summed E-state index contributed by atoms with van der Waals surface area (Å²) >= 11 is 1.39. The fourth-order valence-electron chi connectivity index (χ4n) is 6.17. The van der Waals surface area contributed by atoms with Gasteiger partial charge in [0.15, 0.2) is 5.65 Å². The third-order valence-electron chi connectivity index (χ3n) is 8.81. The van der Waals surface area contributed by atoms with Gasteiger partial charge in [-0.25, -0.2) is 4.98 Å². The lowest BCUT2D eigenvalue weighted by molar-refractivity contribution is -0.145. The Bertz CT molecular complexity index is 1590. The first-order chi connectivity index (χ1) is 20.9. The quantitative estimate of drug-likeness (QED) is 0.183. The molecule has 5 rings (SSSR count). The van der Waals surface area contributed by atoms with Gasteiger partial charge in [-0.05, 0) is 50.3 Å². The van der Waals surface area contributed by atoms with Crippen molar-refractivity contribution in [3.05, 3.63) is 59.7 Å². The predicted molar refractivity (Wildman–Crippen MR) is 174 cm³/mol. The summed E-state index contributed by atoms with van der Waals surface area (Å²) < 4.78 is 2.20. The number of carbonyl (C=O) groups is 2. The highest BCUT2D eigenvalue weighted by molar-refractivity contribution is 8.00. The molecule has 0 aliphatic carbocycles. The first-order valence-electron chi connectivity index (χ1n) is 15.8. The van der Waals surface area contributed by atoms with E-state index in [1.807, 2.05) is 28.9 Å². The molecule has 4 aromatic rings. The fraction of sp³-hybridized carbons (Fsp3) is 0.500. The Morgan fingerprint density at radius 3 is 2.47 bits per heavy atom. The zero-order valence-electron chi connectivity index (χ0n) is 26.1. The van der Waals surface area contributed by atoms with Crippen molar-refractivity contribution in [3.8, 4) is 0 Å². The maximum Gasteiger partial charge on any atom is 0.236 e. The second-order valence-electron chi connectivity index (χ2n) is 11.7. The second kappa shape index (κ2) is 13.9. The van der Waals surface area contributed by atoms with E-state index in [1.54, 1.807) is 0 Å². The van der Waals surface area contributed by atoms with Crippen LogP contribution in [0.2, 0.25) is 0 Å². The van der Waals surface area contributed by atoms with Gasteiger partial charge in [-0.15, -0.1) is 10.2 Å². The molecule has 0 bridgehead atoms. The summed E-state index contributed by atoms with van der Waals surface area (Å²) in [5.41, 5.74) is 5.06. The highest BCUT2D eigenvalue weighted by Gasteiger charge is 2.35. The van der Waals surface area contributed by atoms with Crippen molar-refractivity contribution in [2.75, 3.05) is 19.6 Å². The number of thioether (sulfide) groups is 1. The van der Waals surface area contributed by atoms with Crippen molar-refractivity contribution in [2.45, 2.75) is 89.7 Å². The average Bonchev–Trinajstić information content (AvgIpc) is 3.33. The van der Waals surface area contributed by atoms with Crippen LogP contribution in [-0.4, -0.2) is 72.3 Å². The fourth-order valence-corrected chi connectivity index (χ4v) is 7.07. The Balaban J connectivity index is 1.34. The van der Waals surface area contributed by atoms with E-state index in [4.69, 9.17) is 4.98 Å². The van der Waals surface area contributed by atoms with E-state index >= 15 is 0 Å². The summed E-state index contributed by atoms with van der Waals surface area (Å²) in [7, 11) is 0. The predicted octanol–water partition coefficient (Wildman–Crippen LogP) is 6.48. The summed E-state index contributed by atoms with van der Waals surface area (Å²) in [4.78, 5) is 35.9. The van der Waals surface area contributed by atoms with Crippen molar-refractivity contribution in [1.82, 2.24) is 29.5 Å². The van der Waals surface area contributed by atoms with Gasteiger partial charge >= 0.3 is 0 Å². The molecule has 2 aromatic carbocycles. The van der Waals surface area contributed by atoms with Gasteiger partial charge < -0.3 is 14.4 Å². The van der Waals surface area contributed by atoms with Crippen molar-refractivity contribution in [2.24, 2.45) is 5.92 Å². The number of unbranched alkanes of at least 4 members (excludes halogenated alkanes) is 1. The molecule has 3 heterocycles. The van der Waals surface area contributed by atoms with Crippen LogP contribution in [0.3, 0.4) is 0 Å². The summed E-state index contributed by atoms with van der Waals surface area (Å²) in [6.07, 6.45) is 4.62. The van der Waals surface area contributed by atoms with Crippen LogP contribution in [-0.2, 0) is 16.1 Å². The molecule has 9 heteroatoms. The number of piperazine rings is 1. The third-order valence-corrected chi connectivity index (χ3v) is 10.0. The van der Waals surface area contributed by atoms with Gasteiger partial charge in [-0.2, -0.15) is 0 Å². The number of aromatic nitrogens is 4. The zero-order chi connectivity index (χ0) is 30.5. The highest BCUT2D eigenvalue weighted by atomic mass is 32.2. The van der Waals surface area contributed by atoms with Gasteiger partial charge in [0.25, 0.3) is 0 Å². The smallest absolute Gasteiger partial charge is 0.236 e. The van der Waals surface area contributed by atoms with Gasteiger partial charge in [0, 0.05) is 43.5 Å². The normalized spacial score (nSPS) is 17.0. The lowest BCUT2D eigenvalue weighted by Crippen LogP contribution is -2.57. The Morgan fingerprint density at radius 1 is 0.977 bits per heavy atom. The summed E-state index contributed by atoms with van der Waals surface area (Å²) in [5, 5.41) is 10.3. The lowest BCUT2D eigenvalue weighted by atomic mass is 9.96. The summed E-state index contributed by atoms with van der Waals surface area (Å²) in [6.45, 7) is 12.8. The maximum absolute atomic E-state index is 13.8. The first-order valence-corrected chi connectivity index (χ1v) is 16.7. The van der Waals surface area contributed by atoms with E-state index in [9.17, 15) is 9.59 Å². The van der Waals surface area contributed by atoms with E-state index in [0.717, 1.165) is 47.8 Å². The Morgan fingerprint density at radius 2 is 1.74 bits per heavy atom. The molecule has 1 fully saturated rings. The van der Waals surface area contributed by atoms with E-state index in [-0.39, 0.29) is 29.0 Å². The molecule has 0 N–H and O–H groups in total. The van der Waals surface area contributed by atoms with Crippen LogP contribution in [0.15, 0.2) is 53.7 Å². The Hall–Kier alpha value is -3.46. The van der Waals surface area contributed by atoms with Crippen molar-refractivity contribution < 1.29 is 9.59 Å². The number of fused-ring (bicyclic) bond motifs is 3. The number of hydrogen-bond acceptors (Lipinski definition) is 6. The molecule has 1 saturated heterocycles. The largest absolute Gasteiger partial charge is 0.338 e. The van der Waals surface area contributed by atoms with Crippen LogP contribution in [0.4, 0.5) is 0 Å². The van der Waals surface area contributed by atoms with Crippen molar-refractivity contribution in [3.63, 3.8) is 0 Å². The number of para-hydroxylation sites is 1. The molecule has 0 spiro atoms. The minimum Gasteiger partial charge on any atom is -0.338 e. The number of rotatable bonds is 11. The molecule has 1 aliphatic heterocycles. The lowest BCUT2D eigenvalue weighted by Gasteiger charge is -2.42. The van der Waals surface area contributed by atoms with Crippen molar-refractivity contribution >= 4 is 45.6 Å². The number of nitrogens with zero attached hydrogens (tertiary/aromatic N) is 6. The molecule has 2 amide bonds. The molecular formula is C34H44N6O2S. The maximum atomic E-state index is 13.8. The Labute approximate surface area is 259 Å². The molecule has 1 aliphatic rings. The SMILES string of the molecule is CCCCC(CC)C(=O)N1CCN(C(=O)C(CC)Sc2nnc3c4ccccc4n(Cc4ccccc4C)c3n2)CC1C. The van der Waals surface area contributed by atoms with Crippen LogP contribution in [0.25, 0.3) is 22.1 Å². The molecule has 3 atom stereocenters. The standard InChI is InChI=1S/C34H44N6O2S/c1-6-9-15-25(7-2)32(41)39-20-19-38(21-24(39)5)33(42)29(8-3)43-34-35-31-30(36-37-34)27-17-12-13-18-28(27)40(31)22-26-16-11-10-14-23(26)4/h10-14,16-18,24-25,29H,6-9,15,19-22H2,1-5H3. The number of carbonyl (C=O) groups excluding carboxylic acids is 2. The first kappa shape index (κ1) is 31.0. The molecule has 3 unspecified atom stereocenters. The van der Waals surface area contributed by atoms with E-state index in [0.29, 0.717) is 37.8 Å². The molecule has 8 nitrogen and oxygen atoms in total. The second-order valence-corrected chi connectivity index (χ2v) is 12.9. The molecule has 2 aromatic heterocycles. The number of amides is 2. The van der Waals surface area contributed by atoms with Gasteiger partial charge in [-0.3, -0.25) is 9.59 Å². The van der Waals surface area contributed by atoms with Gasteiger partial charge in [0.05, 0.1) is 10.8 Å². The van der Waals surface area contributed by atoms with E-state index in [2.05, 4.69) is 78.9 Å². The molecule has 0 radical (unpaired) electrons. The van der Waals surface area contributed by atoms with E-state index < -0.39 is 0 Å². The topological polar surface area (TPSA) is 84.2 Å². The zero-order valence-corrected chi connectivity index (χ0v) is 26.9. The Kier molecular flexibility index (Phi) is 10.0. The van der Waals surface area contributed by atoms with Crippen molar-refractivity contribution in [1.29, 1.82) is 0 Å². The van der Waals surface area contributed by atoms with Gasteiger partial charge in [-0.1, -0.05) is 87.8 Å².